The fraction of sp³-hybridized carbons (Fsp3) is 0.273. The number of pyridine rings is 1. The van der Waals surface area contributed by atoms with Crippen molar-refractivity contribution in [1.29, 1.82) is 0 Å². The molecule has 0 N–H and O–H groups in total. The summed E-state index contributed by atoms with van der Waals surface area (Å²) in [4.78, 5) is 9.41. The normalized spacial score (nSPS) is 10.9. The predicted molar refractivity (Wildman–Crippen MR) is 116 cm³/mol. The Kier molecular flexibility index (Phi) is 5.98. The van der Waals surface area contributed by atoms with Crippen LogP contribution in [0.15, 0.2) is 48.0 Å². The third-order valence-electron chi connectivity index (χ3n) is 5.10. The van der Waals surface area contributed by atoms with Gasteiger partial charge in [-0.25, -0.2) is 4.98 Å². The summed E-state index contributed by atoms with van der Waals surface area (Å²) in [5.41, 5.74) is 7.58. The summed E-state index contributed by atoms with van der Waals surface area (Å²) in [5.74, 6) is 0. The predicted octanol–water partition coefficient (Wildman–Crippen LogP) is 5.67. The SMILES string of the molecule is Cc1nc(Cn2c(C)c(C)c3ccnc(CCc4ccccc4)c32)cs1.Cl. The maximum atomic E-state index is 4.75. The van der Waals surface area contributed by atoms with Crippen LogP contribution in [0.25, 0.3) is 10.9 Å². The van der Waals surface area contributed by atoms with Crippen molar-refractivity contribution >= 4 is 34.6 Å². The second-order valence-electron chi connectivity index (χ2n) is 6.79. The molecular weight excluding hydrogens is 374 g/mol. The molecule has 0 fully saturated rings. The zero-order valence-corrected chi connectivity index (χ0v) is 17.5. The molecule has 4 aromatic rings. The summed E-state index contributed by atoms with van der Waals surface area (Å²) in [7, 11) is 0. The molecule has 0 spiro atoms. The van der Waals surface area contributed by atoms with Crippen LogP contribution < -0.4 is 0 Å². The lowest BCUT2D eigenvalue weighted by Gasteiger charge is -2.10. The van der Waals surface area contributed by atoms with Crippen LogP contribution in [0.1, 0.15) is 33.2 Å². The maximum absolute atomic E-state index is 4.75. The van der Waals surface area contributed by atoms with Crippen molar-refractivity contribution in [1.82, 2.24) is 14.5 Å². The molecule has 140 valence electrons. The first-order chi connectivity index (χ1) is 12.6. The van der Waals surface area contributed by atoms with Crippen molar-refractivity contribution in [3.63, 3.8) is 0 Å². The summed E-state index contributed by atoms with van der Waals surface area (Å²) in [6, 6.07) is 12.8. The Morgan fingerprint density at radius 3 is 2.48 bits per heavy atom. The number of benzene rings is 1. The number of fused-ring (bicyclic) bond motifs is 1. The van der Waals surface area contributed by atoms with Crippen LogP contribution in [-0.4, -0.2) is 14.5 Å². The van der Waals surface area contributed by atoms with Gasteiger partial charge in [0.1, 0.15) is 0 Å². The Morgan fingerprint density at radius 1 is 1.00 bits per heavy atom. The Hall–Kier alpha value is -2.17. The first kappa shape index (κ1) is 19.6. The Bertz CT molecular complexity index is 1050. The third kappa shape index (κ3) is 3.92. The highest BCUT2D eigenvalue weighted by Crippen LogP contribution is 2.28. The van der Waals surface area contributed by atoms with Gasteiger partial charge in [0.2, 0.25) is 0 Å². The van der Waals surface area contributed by atoms with Gasteiger partial charge in [-0.2, -0.15) is 0 Å². The first-order valence-corrected chi connectivity index (χ1v) is 9.89. The fourth-order valence-corrected chi connectivity index (χ4v) is 4.20. The molecule has 0 atom stereocenters. The summed E-state index contributed by atoms with van der Waals surface area (Å²) in [6.07, 6.45) is 3.90. The van der Waals surface area contributed by atoms with Gasteiger partial charge < -0.3 is 4.57 Å². The van der Waals surface area contributed by atoms with E-state index in [-0.39, 0.29) is 12.4 Å². The molecule has 0 saturated carbocycles. The van der Waals surface area contributed by atoms with Crippen LogP contribution in [0.5, 0.6) is 0 Å². The van der Waals surface area contributed by atoms with Crippen molar-refractivity contribution in [2.45, 2.75) is 40.2 Å². The minimum absolute atomic E-state index is 0. The van der Waals surface area contributed by atoms with E-state index in [0.717, 1.165) is 30.1 Å². The van der Waals surface area contributed by atoms with Gasteiger partial charge in [-0.3, -0.25) is 4.98 Å². The molecule has 0 aliphatic heterocycles. The van der Waals surface area contributed by atoms with Crippen molar-refractivity contribution < 1.29 is 0 Å². The molecule has 0 unspecified atom stereocenters. The molecule has 0 bridgehead atoms. The molecule has 3 heterocycles. The smallest absolute Gasteiger partial charge is 0.0898 e. The van der Waals surface area contributed by atoms with Gasteiger partial charge in [0, 0.05) is 22.7 Å². The molecule has 3 aromatic heterocycles. The largest absolute Gasteiger partial charge is 0.337 e. The van der Waals surface area contributed by atoms with Gasteiger partial charge in [-0.05, 0) is 50.8 Å². The lowest BCUT2D eigenvalue weighted by molar-refractivity contribution is 0.770. The molecule has 0 radical (unpaired) electrons. The van der Waals surface area contributed by atoms with E-state index in [9.17, 15) is 0 Å². The molecule has 3 nitrogen and oxygen atoms in total. The summed E-state index contributed by atoms with van der Waals surface area (Å²) in [5, 5.41) is 4.59. The number of aromatic nitrogens is 3. The Morgan fingerprint density at radius 2 is 1.78 bits per heavy atom. The van der Waals surface area contributed by atoms with Crippen LogP contribution in [0, 0.1) is 20.8 Å². The number of nitrogens with zero attached hydrogens (tertiary/aromatic N) is 3. The number of hydrogen-bond acceptors (Lipinski definition) is 3. The number of rotatable bonds is 5. The monoisotopic (exact) mass is 397 g/mol. The molecule has 0 saturated heterocycles. The Balaban J connectivity index is 0.00000210. The number of aryl methyl sites for hydroxylation is 4. The van der Waals surface area contributed by atoms with Gasteiger partial charge in [0.25, 0.3) is 0 Å². The van der Waals surface area contributed by atoms with Crippen LogP contribution in [0.4, 0.5) is 0 Å². The summed E-state index contributed by atoms with van der Waals surface area (Å²) >= 11 is 1.71. The first-order valence-electron chi connectivity index (χ1n) is 9.01. The molecule has 27 heavy (non-hydrogen) atoms. The molecule has 4 rings (SSSR count). The van der Waals surface area contributed by atoms with Crippen molar-refractivity contribution in [2.24, 2.45) is 0 Å². The zero-order chi connectivity index (χ0) is 18.1. The topological polar surface area (TPSA) is 30.7 Å². The minimum atomic E-state index is 0. The van der Waals surface area contributed by atoms with Gasteiger partial charge >= 0.3 is 0 Å². The average molecular weight is 398 g/mol. The molecule has 0 aliphatic carbocycles. The zero-order valence-electron chi connectivity index (χ0n) is 15.9. The standard InChI is InChI=1S/C22H23N3S.ClH/c1-15-16(2)25(13-19-14-26-17(3)24-19)22-20(15)11-12-23-21(22)10-9-18-7-5-4-6-8-18;/h4-8,11-12,14H,9-10,13H2,1-3H3;1H. The van der Waals surface area contributed by atoms with E-state index >= 15 is 0 Å². The third-order valence-corrected chi connectivity index (χ3v) is 5.92. The average Bonchev–Trinajstić information content (AvgIpc) is 3.18. The van der Waals surface area contributed by atoms with Gasteiger partial charge in [0.05, 0.1) is 28.5 Å². The van der Waals surface area contributed by atoms with Crippen LogP contribution >= 0.6 is 23.7 Å². The highest BCUT2D eigenvalue weighted by Gasteiger charge is 2.16. The summed E-state index contributed by atoms with van der Waals surface area (Å²) < 4.78 is 2.40. The quantitative estimate of drug-likeness (QED) is 0.434. The van der Waals surface area contributed by atoms with E-state index in [1.54, 1.807) is 11.3 Å². The van der Waals surface area contributed by atoms with E-state index in [0.29, 0.717) is 0 Å². The fourth-order valence-electron chi connectivity index (χ4n) is 3.60. The van der Waals surface area contributed by atoms with E-state index in [1.807, 2.05) is 6.20 Å². The molecule has 0 aliphatic rings. The van der Waals surface area contributed by atoms with Crippen molar-refractivity contribution in [2.75, 3.05) is 0 Å². The van der Waals surface area contributed by atoms with Crippen LogP contribution in [-0.2, 0) is 19.4 Å². The summed E-state index contributed by atoms with van der Waals surface area (Å²) in [6.45, 7) is 7.29. The number of halogens is 1. The van der Waals surface area contributed by atoms with Gasteiger partial charge in [0.15, 0.2) is 0 Å². The van der Waals surface area contributed by atoms with E-state index in [2.05, 4.69) is 72.1 Å². The number of hydrogen-bond donors (Lipinski definition) is 0. The van der Waals surface area contributed by atoms with Crippen LogP contribution in [0.2, 0.25) is 0 Å². The van der Waals surface area contributed by atoms with Crippen LogP contribution in [0.3, 0.4) is 0 Å². The Labute approximate surface area is 170 Å². The van der Waals surface area contributed by atoms with Gasteiger partial charge in [-0.1, -0.05) is 30.3 Å². The molecular formula is C22H24ClN3S. The van der Waals surface area contributed by atoms with Gasteiger partial charge in [-0.15, -0.1) is 23.7 Å². The second kappa shape index (κ2) is 8.24. The van der Waals surface area contributed by atoms with Crippen molar-refractivity contribution in [3.8, 4) is 0 Å². The van der Waals surface area contributed by atoms with E-state index < -0.39 is 0 Å². The van der Waals surface area contributed by atoms with E-state index in [1.165, 1.54) is 33.4 Å². The van der Waals surface area contributed by atoms with Crippen molar-refractivity contribution in [3.05, 3.63) is 81.2 Å². The minimum Gasteiger partial charge on any atom is -0.337 e. The maximum Gasteiger partial charge on any atom is 0.0898 e. The molecule has 0 amide bonds. The molecule has 5 heteroatoms. The highest BCUT2D eigenvalue weighted by molar-refractivity contribution is 7.09. The van der Waals surface area contributed by atoms with E-state index in [4.69, 9.17) is 4.98 Å². The highest BCUT2D eigenvalue weighted by atomic mass is 35.5. The number of thiazole rings is 1. The lowest BCUT2D eigenvalue weighted by atomic mass is 10.1. The lowest BCUT2D eigenvalue weighted by Crippen LogP contribution is -2.05. The molecule has 1 aromatic carbocycles. The second-order valence-corrected chi connectivity index (χ2v) is 7.86.